The molecule has 2 rings (SSSR count). The number of carbonyl (C=O) groups is 1. The molecule has 0 unspecified atom stereocenters. The molecular formula is C16H18N2O5S2. The van der Waals surface area contributed by atoms with Crippen LogP contribution in [0.5, 0.6) is 0 Å². The number of aryl methyl sites for hydroxylation is 1. The molecule has 0 saturated heterocycles. The van der Waals surface area contributed by atoms with Crippen molar-refractivity contribution >= 4 is 37.1 Å². The highest BCUT2D eigenvalue weighted by molar-refractivity contribution is 7.92. The summed E-state index contributed by atoms with van der Waals surface area (Å²) in [5.41, 5.74) is 1.25. The standard InChI is InChI=1S/C16H18N2O5S2/c1-11-4-7-15(24(3,20)21)10-16(11)18-25(22,23)14-8-5-13(6-9-14)17-12(2)19/h4-10,18H,1-3H3,(H,17,19). The molecule has 2 aromatic carbocycles. The highest BCUT2D eigenvalue weighted by Gasteiger charge is 2.17. The van der Waals surface area contributed by atoms with E-state index in [-0.39, 0.29) is 21.4 Å². The van der Waals surface area contributed by atoms with Crippen molar-refractivity contribution in [2.24, 2.45) is 0 Å². The number of amides is 1. The molecule has 7 nitrogen and oxygen atoms in total. The summed E-state index contributed by atoms with van der Waals surface area (Å²) < 4.78 is 50.7. The Kier molecular flexibility index (Phi) is 5.19. The minimum atomic E-state index is -3.90. The van der Waals surface area contributed by atoms with Gasteiger partial charge in [0.05, 0.1) is 15.5 Å². The molecule has 0 atom stereocenters. The average Bonchev–Trinajstić information content (AvgIpc) is 2.48. The Labute approximate surface area is 147 Å². The molecule has 0 aliphatic rings. The highest BCUT2D eigenvalue weighted by Crippen LogP contribution is 2.24. The van der Waals surface area contributed by atoms with Crippen LogP contribution in [0.25, 0.3) is 0 Å². The van der Waals surface area contributed by atoms with Crippen molar-refractivity contribution in [2.75, 3.05) is 16.3 Å². The lowest BCUT2D eigenvalue weighted by atomic mass is 10.2. The van der Waals surface area contributed by atoms with E-state index in [4.69, 9.17) is 0 Å². The van der Waals surface area contributed by atoms with Gasteiger partial charge in [-0.05, 0) is 48.9 Å². The first kappa shape index (κ1) is 18.9. The molecule has 0 heterocycles. The third-order valence-corrected chi connectivity index (χ3v) is 5.86. The number of hydrogen-bond acceptors (Lipinski definition) is 5. The molecule has 0 spiro atoms. The van der Waals surface area contributed by atoms with Crippen molar-refractivity contribution in [3.05, 3.63) is 48.0 Å². The Morgan fingerprint density at radius 2 is 1.48 bits per heavy atom. The van der Waals surface area contributed by atoms with E-state index in [1.807, 2.05) is 0 Å². The minimum Gasteiger partial charge on any atom is -0.326 e. The van der Waals surface area contributed by atoms with Gasteiger partial charge in [-0.3, -0.25) is 9.52 Å². The van der Waals surface area contributed by atoms with E-state index in [0.29, 0.717) is 11.3 Å². The maximum atomic E-state index is 12.5. The fourth-order valence-corrected chi connectivity index (χ4v) is 3.83. The number of hydrogen-bond donors (Lipinski definition) is 2. The zero-order chi connectivity index (χ0) is 18.8. The van der Waals surface area contributed by atoms with Crippen molar-refractivity contribution in [2.45, 2.75) is 23.6 Å². The van der Waals surface area contributed by atoms with Crippen LogP contribution in [0.4, 0.5) is 11.4 Å². The number of rotatable bonds is 5. The number of carbonyl (C=O) groups excluding carboxylic acids is 1. The second-order valence-electron chi connectivity index (χ2n) is 5.56. The quantitative estimate of drug-likeness (QED) is 0.823. The lowest BCUT2D eigenvalue weighted by Gasteiger charge is -2.12. The van der Waals surface area contributed by atoms with Crippen LogP contribution in [0.3, 0.4) is 0 Å². The zero-order valence-electron chi connectivity index (χ0n) is 13.9. The number of benzene rings is 2. The van der Waals surface area contributed by atoms with Gasteiger partial charge < -0.3 is 5.32 Å². The summed E-state index contributed by atoms with van der Waals surface area (Å²) in [6.45, 7) is 3.02. The van der Waals surface area contributed by atoms with E-state index in [0.717, 1.165) is 6.26 Å². The van der Waals surface area contributed by atoms with Crippen molar-refractivity contribution < 1.29 is 21.6 Å². The summed E-state index contributed by atoms with van der Waals surface area (Å²) in [5, 5.41) is 2.55. The van der Waals surface area contributed by atoms with Crippen LogP contribution >= 0.6 is 0 Å². The molecule has 0 bridgehead atoms. The van der Waals surface area contributed by atoms with Gasteiger partial charge in [0.25, 0.3) is 10.0 Å². The number of anilines is 2. The summed E-state index contributed by atoms with van der Waals surface area (Å²) >= 11 is 0. The van der Waals surface area contributed by atoms with Crippen LogP contribution in [0.2, 0.25) is 0 Å². The predicted molar refractivity (Wildman–Crippen MR) is 95.8 cm³/mol. The molecule has 0 aliphatic carbocycles. The Hall–Kier alpha value is -2.39. The van der Waals surface area contributed by atoms with Gasteiger partial charge in [0.2, 0.25) is 5.91 Å². The topological polar surface area (TPSA) is 109 Å². The van der Waals surface area contributed by atoms with Crippen molar-refractivity contribution in [3.8, 4) is 0 Å². The van der Waals surface area contributed by atoms with E-state index in [1.165, 1.54) is 49.4 Å². The first-order valence-electron chi connectivity index (χ1n) is 7.20. The Morgan fingerprint density at radius 3 is 2.00 bits per heavy atom. The van der Waals surface area contributed by atoms with Crippen molar-refractivity contribution in [1.29, 1.82) is 0 Å². The number of nitrogens with one attached hydrogen (secondary N) is 2. The van der Waals surface area contributed by atoms with E-state index < -0.39 is 19.9 Å². The van der Waals surface area contributed by atoms with E-state index in [9.17, 15) is 21.6 Å². The van der Waals surface area contributed by atoms with Gasteiger partial charge in [0.1, 0.15) is 0 Å². The molecule has 1 amide bonds. The Morgan fingerprint density at radius 1 is 0.920 bits per heavy atom. The van der Waals surface area contributed by atoms with Crippen LogP contribution in [0, 0.1) is 6.92 Å². The summed E-state index contributed by atoms with van der Waals surface area (Å²) in [7, 11) is -7.36. The normalized spacial score (nSPS) is 11.8. The first-order chi connectivity index (χ1) is 11.5. The molecule has 2 aromatic rings. The van der Waals surface area contributed by atoms with Crippen LogP contribution < -0.4 is 10.0 Å². The third-order valence-electron chi connectivity index (χ3n) is 3.37. The molecule has 0 aromatic heterocycles. The Bertz CT molecular complexity index is 1010. The van der Waals surface area contributed by atoms with E-state index in [1.54, 1.807) is 6.92 Å². The smallest absolute Gasteiger partial charge is 0.261 e. The summed E-state index contributed by atoms with van der Waals surface area (Å²) in [6.07, 6.45) is 1.05. The molecule has 9 heteroatoms. The molecular weight excluding hydrogens is 364 g/mol. The molecule has 0 saturated carbocycles. The maximum Gasteiger partial charge on any atom is 0.261 e. The van der Waals surface area contributed by atoms with Crippen LogP contribution in [0.15, 0.2) is 52.3 Å². The largest absolute Gasteiger partial charge is 0.326 e. The van der Waals surface area contributed by atoms with Crippen molar-refractivity contribution in [3.63, 3.8) is 0 Å². The van der Waals surface area contributed by atoms with Crippen LogP contribution in [-0.2, 0) is 24.7 Å². The zero-order valence-corrected chi connectivity index (χ0v) is 15.5. The molecule has 2 N–H and O–H groups in total. The Balaban J connectivity index is 2.34. The highest BCUT2D eigenvalue weighted by atomic mass is 32.2. The molecule has 0 radical (unpaired) electrons. The van der Waals surface area contributed by atoms with Gasteiger partial charge >= 0.3 is 0 Å². The number of sulfone groups is 1. The monoisotopic (exact) mass is 382 g/mol. The van der Waals surface area contributed by atoms with Gasteiger partial charge in [-0.25, -0.2) is 16.8 Å². The SMILES string of the molecule is CC(=O)Nc1ccc(S(=O)(=O)Nc2cc(S(C)(=O)=O)ccc2C)cc1. The van der Waals surface area contributed by atoms with Gasteiger partial charge in [0.15, 0.2) is 9.84 Å². The van der Waals surface area contributed by atoms with Crippen molar-refractivity contribution in [1.82, 2.24) is 0 Å². The molecule has 25 heavy (non-hydrogen) atoms. The first-order valence-corrected chi connectivity index (χ1v) is 10.6. The fraction of sp³-hybridized carbons (Fsp3) is 0.188. The minimum absolute atomic E-state index is 0.00855. The molecule has 0 aliphatic heterocycles. The summed E-state index contributed by atoms with van der Waals surface area (Å²) in [6, 6.07) is 9.88. The second kappa shape index (κ2) is 6.85. The van der Waals surface area contributed by atoms with E-state index in [2.05, 4.69) is 10.0 Å². The predicted octanol–water partition coefficient (Wildman–Crippen LogP) is 2.16. The number of sulfonamides is 1. The summed E-state index contributed by atoms with van der Waals surface area (Å²) in [5.74, 6) is -0.262. The fourth-order valence-electron chi connectivity index (χ4n) is 2.07. The molecule has 134 valence electrons. The lowest BCUT2D eigenvalue weighted by molar-refractivity contribution is -0.114. The van der Waals surface area contributed by atoms with Crippen LogP contribution in [0.1, 0.15) is 12.5 Å². The lowest BCUT2D eigenvalue weighted by Crippen LogP contribution is -2.14. The third kappa shape index (κ3) is 4.80. The van der Waals surface area contributed by atoms with E-state index >= 15 is 0 Å². The van der Waals surface area contributed by atoms with Gasteiger partial charge in [-0.15, -0.1) is 0 Å². The van der Waals surface area contributed by atoms with Gasteiger partial charge in [-0.2, -0.15) is 0 Å². The molecule has 0 fully saturated rings. The second-order valence-corrected chi connectivity index (χ2v) is 9.26. The van der Waals surface area contributed by atoms with Gasteiger partial charge in [-0.1, -0.05) is 6.07 Å². The average molecular weight is 382 g/mol. The summed E-state index contributed by atoms with van der Waals surface area (Å²) in [4.78, 5) is 11.0. The maximum absolute atomic E-state index is 12.5. The van der Waals surface area contributed by atoms with Crippen LogP contribution in [-0.4, -0.2) is 29.0 Å². The van der Waals surface area contributed by atoms with Gasteiger partial charge in [0, 0.05) is 18.9 Å².